The van der Waals surface area contributed by atoms with Gasteiger partial charge >= 0.3 is 0 Å². The smallest absolute Gasteiger partial charge is 0.286 e. The van der Waals surface area contributed by atoms with Crippen LogP contribution in [-0.2, 0) is 14.2 Å². The normalized spacial score (nSPS) is 12.0. The molecule has 0 fully saturated rings. The first-order valence-corrected chi connectivity index (χ1v) is 6.68. The molecule has 0 amide bonds. The molecular weight excluding hydrogens is 211 g/mol. The van der Waals surface area contributed by atoms with Gasteiger partial charge in [0.15, 0.2) is 0 Å². The van der Waals surface area contributed by atoms with E-state index in [9.17, 15) is 0 Å². The summed E-state index contributed by atoms with van der Waals surface area (Å²) in [5.74, 6) is -0.841. The summed E-state index contributed by atoms with van der Waals surface area (Å²) in [6.07, 6.45) is 3.55. The fourth-order valence-corrected chi connectivity index (χ4v) is 1.43. The predicted octanol–water partition coefficient (Wildman–Crippen LogP) is 2.80. The lowest BCUT2D eigenvalue weighted by molar-refractivity contribution is -0.366. The number of rotatable bonds is 10. The van der Waals surface area contributed by atoms with Crippen LogP contribution in [0.25, 0.3) is 0 Å². The van der Waals surface area contributed by atoms with Gasteiger partial charge in [-0.2, -0.15) is 0 Å². The first-order chi connectivity index (χ1) is 7.24. The van der Waals surface area contributed by atoms with Crippen molar-refractivity contribution in [2.45, 2.75) is 46.0 Å². The van der Waals surface area contributed by atoms with E-state index >= 15 is 0 Å². The van der Waals surface area contributed by atoms with Crippen LogP contribution in [0.3, 0.4) is 0 Å². The van der Waals surface area contributed by atoms with Crippen molar-refractivity contribution in [3.8, 4) is 0 Å². The maximum Gasteiger partial charge on any atom is 0.286 e. The molecule has 0 radical (unpaired) electrons. The minimum Gasteiger partial charge on any atom is -0.327 e. The Morgan fingerprint density at radius 3 is 1.33 bits per heavy atom. The second kappa shape index (κ2) is 9.53. The molecular formula is C11H25O3P. The highest BCUT2D eigenvalue weighted by Gasteiger charge is 2.30. The van der Waals surface area contributed by atoms with Crippen LogP contribution in [0.2, 0.25) is 0 Å². The van der Waals surface area contributed by atoms with Gasteiger partial charge in [0, 0.05) is 6.16 Å². The number of hydrogen-bond acceptors (Lipinski definition) is 3. The first-order valence-electron chi connectivity index (χ1n) is 5.86. The van der Waals surface area contributed by atoms with Crippen molar-refractivity contribution < 1.29 is 14.2 Å². The Balaban J connectivity index is 4.16. The van der Waals surface area contributed by atoms with E-state index in [-0.39, 0.29) is 0 Å². The molecule has 0 aromatic carbocycles. The summed E-state index contributed by atoms with van der Waals surface area (Å²) in [7, 11) is 2.63. The van der Waals surface area contributed by atoms with Gasteiger partial charge in [0.05, 0.1) is 19.8 Å². The van der Waals surface area contributed by atoms with Crippen LogP contribution in [0.5, 0.6) is 0 Å². The minimum atomic E-state index is -0.841. The molecule has 0 saturated carbocycles. The fraction of sp³-hybridized carbons (Fsp3) is 1.00. The Kier molecular flexibility index (Phi) is 9.73. The van der Waals surface area contributed by atoms with E-state index in [1.807, 2.05) is 0 Å². The molecule has 0 bridgehead atoms. The van der Waals surface area contributed by atoms with Crippen LogP contribution in [0, 0.1) is 0 Å². The van der Waals surface area contributed by atoms with E-state index in [1.54, 1.807) is 0 Å². The van der Waals surface area contributed by atoms with Crippen molar-refractivity contribution in [3.63, 3.8) is 0 Å². The molecule has 0 aliphatic carbocycles. The standard InChI is InChI=1S/C11H25O3P/c1-4-7-12-11(10-15,13-8-5-2)14-9-6-3/h4-10,15H2,1-3H3. The van der Waals surface area contributed by atoms with Crippen molar-refractivity contribution in [2.24, 2.45) is 0 Å². The average molecular weight is 236 g/mol. The van der Waals surface area contributed by atoms with Gasteiger partial charge in [-0.05, 0) is 19.3 Å². The lowest BCUT2D eigenvalue weighted by Gasteiger charge is -2.32. The SMILES string of the molecule is CCCOC(CP)(OCCC)OCCC. The monoisotopic (exact) mass is 236 g/mol. The Morgan fingerprint density at radius 1 is 0.800 bits per heavy atom. The Labute approximate surface area is 96.1 Å². The highest BCUT2D eigenvalue weighted by molar-refractivity contribution is 7.16. The topological polar surface area (TPSA) is 27.7 Å². The van der Waals surface area contributed by atoms with Gasteiger partial charge in [0.2, 0.25) is 0 Å². The molecule has 0 heterocycles. The van der Waals surface area contributed by atoms with Gasteiger partial charge in [-0.25, -0.2) is 0 Å². The van der Waals surface area contributed by atoms with Crippen molar-refractivity contribution in [2.75, 3.05) is 26.0 Å². The lowest BCUT2D eigenvalue weighted by atomic mass is 10.5. The molecule has 0 spiro atoms. The van der Waals surface area contributed by atoms with E-state index in [0.717, 1.165) is 19.3 Å². The summed E-state index contributed by atoms with van der Waals surface area (Å²) in [6.45, 7) is 8.24. The largest absolute Gasteiger partial charge is 0.327 e. The first kappa shape index (κ1) is 15.3. The van der Waals surface area contributed by atoms with Gasteiger partial charge in [-0.3, -0.25) is 0 Å². The summed E-state index contributed by atoms with van der Waals surface area (Å²) >= 11 is 0. The summed E-state index contributed by atoms with van der Waals surface area (Å²) in [5, 5.41) is 0. The molecule has 1 atom stereocenters. The molecule has 15 heavy (non-hydrogen) atoms. The maximum absolute atomic E-state index is 5.67. The highest BCUT2D eigenvalue weighted by atomic mass is 31.0. The van der Waals surface area contributed by atoms with Crippen LogP contribution < -0.4 is 0 Å². The molecule has 4 heteroatoms. The van der Waals surface area contributed by atoms with Crippen LogP contribution in [0.15, 0.2) is 0 Å². The number of hydrogen-bond donors (Lipinski definition) is 0. The van der Waals surface area contributed by atoms with E-state index < -0.39 is 5.97 Å². The summed E-state index contributed by atoms with van der Waals surface area (Å²) in [4.78, 5) is 0. The van der Waals surface area contributed by atoms with E-state index in [4.69, 9.17) is 14.2 Å². The quantitative estimate of drug-likeness (QED) is 0.431. The average Bonchev–Trinajstić information content (AvgIpc) is 2.29. The molecule has 0 aromatic rings. The minimum absolute atomic E-state index is 0.646. The van der Waals surface area contributed by atoms with Crippen molar-refractivity contribution >= 4 is 9.24 Å². The van der Waals surface area contributed by atoms with Gasteiger partial charge in [-0.15, -0.1) is 9.24 Å². The predicted molar refractivity (Wildman–Crippen MR) is 66.0 cm³/mol. The van der Waals surface area contributed by atoms with Crippen LogP contribution in [-0.4, -0.2) is 32.0 Å². The fourth-order valence-electron chi connectivity index (χ4n) is 1.07. The summed E-state index contributed by atoms with van der Waals surface area (Å²) in [5.41, 5.74) is 0. The second-order valence-corrected chi connectivity index (χ2v) is 3.84. The van der Waals surface area contributed by atoms with E-state index in [1.165, 1.54) is 0 Å². The van der Waals surface area contributed by atoms with Gasteiger partial charge in [0.1, 0.15) is 0 Å². The zero-order valence-corrected chi connectivity index (χ0v) is 11.4. The lowest BCUT2D eigenvalue weighted by Crippen LogP contribution is -2.42. The van der Waals surface area contributed by atoms with Gasteiger partial charge in [-0.1, -0.05) is 20.8 Å². The van der Waals surface area contributed by atoms with Crippen LogP contribution in [0.4, 0.5) is 0 Å². The number of ether oxygens (including phenoxy) is 3. The molecule has 0 aliphatic rings. The third-order valence-electron chi connectivity index (χ3n) is 1.83. The molecule has 0 N–H and O–H groups in total. The maximum atomic E-state index is 5.67. The molecule has 0 saturated heterocycles. The molecule has 92 valence electrons. The second-order valence-electron chi connectivity index (χ2n) is 3.43. The zero-order valence-electron chi connectivity index (χ0n) is 10.3. The van der Waals surface area contributed by atoms with Gasteiger partial charge < -0.3 is 14.2 Å². The Hall–Kier alpha value is 0.310. The van der Waals surface area contributed by atoms with E-state index in [2.05, 4.69) is 30.0 Å². The van der Waals surface area contributed by atoms with E-state index in [0.29, 0.717) is 26.0 Å². The third kappa shape index (κ3) is 6.47. The molecule has 0 rings (SSSR count). The van der Waals surface area contributed by atoms with Gasteiger partial charge in [0.25, 0.3) is 5.97 Å². The highest BCUT2D eigenvalue weighted by Crippen LogP contribution is 2.20. The molecule has 1 unspecified atom stereocenters. The Bertz CT molecular complexity index is 120. The van der Waals surface area contributed by atoms with Crippen LogP contribution in [0.1, 0.15) is 40.0 Å². The third-order valence-corrected chi connectivity index (χ3v) is 2.33. The molecule has 0 aromatic heterocycles. The molecule has 3 nitrogen and oxygen atoms in total. The summed E-state index contributed by atoms with van der Waals surface area (Å²) < 4.78 is 17.0. The zero-order chi connectivity index (χ0) is 11.6. The van der Waals surface area contributed by atoms with Crippen molar-refractivity contribution in [1.82, 2.24) is 0 Å². The van der Waals surface area contributed by atoms with Crippen molar-refractivity contribution in [1.29, 1.82) is 0 Å². The van der Waals surface area contributed by atoms with Crippen LogP contribution >= 0.6 is 9.24 Å². The van der Waals surface area contributed by atoms with Crippen molar-refractivity contribution in [3.05, 3.63) is 0 Å². The summed E-state index contributed by atoms with van der Waals surface area (Å²) in [6, 6.07) is 0. The Morgan fingerprint density at radius 2 is 1.13 bits per heavy atom. The molecule has 0 aliphatic heterocycles.